The summed E-state index contributed by atoms with van der Waals surface area (Å²) in [5.74, 6) is -1.32. The largest absolute Gasteiger partial charge is 0.467 e. The average molecular weight is 353 g/mol. The molecule has 1 unspecified atom stereocenters. The molecule has 0 saturated heterocycles. The minimum Gasteiger partial charge on any atom is -0.467 e. The second kappa shape index (κ2) is 7.41. The molecule has 0 aliphatic heterocycles. The van der Waals surface area contributed by atoms with Gasteiger partial charge in [-0.15, -0.1) is 0 Å². The van der Waals surface area contributed by atoms with Crippen molar-refractivity contribution in [1.82, 2.24) is 4.98 Å². The third-order valence-electron chi connectivity index (χ3n) is 4.27. The molecule has 0 amide bonds. The zero-order valence-corrected chi connectivity index (χ0v) is 14.5. The number of aromatic amines is 1. The summed E-state index contributed by atoms with van der Waals surface area (Å²) < 4.78 is 9.40. The standard InChI is InChI=1S/C20H19NO5/c1-25-19(23)17(22)11-15-14-10-13(12-6-4-3-5-7-12)8-9-16(14)21-18(15)20(24)26-2/h3-10,17,21-22H,11H2,1-2H3. The second-order valence-electron chi connectivity index (χ2n) is 5.84. The molecule has 6 nitrogen and oxygen atoms in total. The monoisotopic (exact) mass is 353 g/mol. The number of fused-ring (bicyclic) bond motifs is 1. The Bertz CT molecular complexity index is 945. The summed E-state index contributed by atoms with van der Waals surface area (Å²) in [7, 11) is 2.49. The smallest absolute Gasteiger partial charge is 0.354 e. The molecule has 2 aromatic carbocycles. The van der Waals surface area contributed by atoms with Crippen molar-refractivity contribution in [1.29, 1.82) is 0 Å². The van der Waals surface area contributed by atoms with Crippen LogP contribution in [-0.4, -0.2) is 42.4 Å². The van der Waals surface area contributed by atoms with E-state index in [0.717, 1.165) is 22.0 Å². The fourth-order valence-corrected chi connectivity index (χ4v) is 2.96. The van der Waals surface area contributed by atoms with Crippen LogP contribution >= 0.6 is 0 Å². The van der Waals surface area contributed by atoms with Gasteiger partial charge in [0.2, 0.25) is 0 Å². The Morgan fingerprint density at radius 1 is 1.04 bits per heavy atom. The molecule has 0 spiro atoms. The average Bonchev–Trinajstić information content (AvgIpc) is 3.05. The van der Waals surface area contributed by atoms with Crippen LogP contribution in [0.3, 0.4) is 0 Å². The lowest BCUT2D eigenvalue weighted by Crippen LogP contribution is -2.25. The Kier molecular flexibility index (Phi) is 5.04. The first-order chi connectivity index (χ1) is 12.5. The molecule has 0 fully saturated rings. The van der Waals surface area contributed by atoms with Crippen molar-refractivity contribution in [3.63, 3.8) is 0 Å². The van der Waals surface area contributed by atoms with Crippen molar-refractivity contribution < 1.29 is 24.2 Å². The Labute approximate surface area is 150 Å². The van der Waals surface area contributed by atoms with Crippen LogP contribution < -0.4 is 0 Å². The van der Waals surface area contributed by atoms with Crippen molar-refractivity contribution in [2.24, 2.45) is 0 Å². The molecule has 0 aliphatic carbocycles. The quantitative estimate of drug-likeness (QED) is 0.689. The van der Waals surface area contributed by atoms with Gasteiger partial charge in [0.05, 0.1) is 14.2 Å². The van der Waals surface area contributed by atoms with Crippen molar-refractivity contribution in [3.05, 3.63) is 59.8 Å². The summed E-state index contributed by atoms with van der Waals surface area (Å²) in [4.78, 5) is 26.8. The van der Waals surface area contributed by atoms with Crippen LogP contribution in [0.1, 0.15) is 16.1 Å². The number of benzene rings is 2. The number of aliphatic hydroxyl groups is 1. The van der Waals surface area contributed by atoms with Gasteiger partial charge in [0.1, 0.15) is 5.69 Å². The van der Waals surface area contributed by atoms with E-state index >= 15 is 0 Å². The lowest BCUT2D eigenvalue weighted by Gasteiger charge is -2.09. The summed E-state index contributed by atoms with van der Waals surface area (Å²) in [6.45, 7) is 0. The molecule has 1 atom stereocenters. The van der Waals surface area contributed by atoms with E-state index in [1.165, 1.54) is 14.2 Å². The van der Waals surface area contributed by atoms with Crippen LogP contribution in [0.5, 0.6) is 0 Å². The van der Waals surface area contributed by atoms with E-state index in [-0.39, 0.29) is 12.1 Å². The van der Waals surface area contributed by atoms with Gasteiger partial charge in [-0.05, 0) is 28.8 Å². The molecule has 1 aromatic heterocycles. The Hall–Kier alpha value is -3.12. The van der Waals surface area contributed by atoms with Crippen molar-refractivity contribution in [2.75, 3.05) is 14.2 Å². The number of H-pyrrole nitrogens is 1. The Morgan fingerprint density at radius 3 is 2.42 bits per heavy atom. The molecular formula is C20H19NO5. The van der Waals surface area contributed by atoms with Gasteiger partial charge in [-0.3, -0.25) is 0 Å². The lowest BCUT2D eigenvalue weighted by molar-refractivity contribution is -0.150. The van der Waals surface area contributed by atoms with Crippen LogP contribution in [0, 0.1) is 0 Å². The molecular weight excluding hydrogens is 334 g/mol. The number of nitrogens with one attached hydrogen (secondary N) is 1. The molecule has 0 bridgehead atoms. The summed E-state index contributed by atoms with van der Waals surface area (Å²) in [6.07, 6.45) is -1.43. The first-order valence-corrected chi connectivity index (χ1v) is 8.09. The maximum Gasteiger partial charge on any atom is 0.354 e. The molecule has 3 rings (SSSR count). The topological polar surface area (TPSA) is 88.6 Å². The van der Waals surface area contributed by atoms with Gasteiger partial charge < -0.3 is 19.6 Å². The highest BCUT2D eigenvalue weighted by Gasteiger charge is 2.24. The van der Waals surface area contributed by atoms with E-state index in [2.05, 4.69) is 9.72 Å². The normalized spacial score (nSPS) is 12.0. The zero-order chi connectivity index (χ0) is 18.7. The Morgan fingerprint density at radius 2 is 1.77 bits per heavy atom. The summed E-state index contributed by atoms with van der Waals surface area (Å²) in [5.41, 5.74) is 3.44. The SMILES string of the molecule is COC(=O)c1[nH]c2ccc(-c3ccccc3)cc2c1CC(O)C(=O)OC. The van der Waals surface area contributed by atoms with E-state index in [9.17, 15) is 14.7 Å². The minimum absolute atomic E-state index is 0.0602. The highest BCUT2D eigenvalue weighted by molar-refractivity contribution is 6.00. The predicted molar refractivity (Wildman–Crippen MR) is 96.8 cm³/mol. The fraction of sp³-hybridized carbons (Fsp3) is 0.200. The van der Waals surface area contributed by atoms with Crippen molar-refractivity contribution >= 4 is 22.8 Å². The fourth-order valence-electron chi connectivity index (χ4n) is 2.96. The number of carbonyl (C=O) groups excluding carboxylic acids is 2. The van der Waals surface area contributed by atoms with Gasteiger partial charge >= 0.3 is 11.9 Å². The molecule has 6 heteroatoms. The summed E-state index contributed by atoms with van der Waals surface area (Å²) in [6, 6.07) is 15.5. The maximum atomic E-state index is 12.1. The molecule has 134 valence electrons. The van der Waals surface area contributed by atoms with Crippen LogP contribution in [0.15, 0.2) is 48.5 Å². The molecule has 0 saturated carbocycles. The molecule has 1 heterocycles. The first kappa shape index (κ1) is 17.7. The number of aromatic nitrogens is 1. The van der Waals surface area contributed by atoms with Crippen LogP contribution in [0.25, 0.3) is 22.0 Å². The number of esters is 2. The summed E-state index contributed by atoms with van der Waals surface area (Å²) in [5, 5.41) is 10.8. The zero-order valence-electron chi connectivity index (χ0n) is 14.5. The molecule has 3 aromatic rings. The van der Waals surface area contributed by atoms with Gasteiger partial charge in [-0.1, -0.05) is 36.4 Å². The third kappa shape index (κ3) is 3.32. The number of rotatable bonds is 5. The number of hydrogen-bond acceptors (Lipinski definition) is 5. The van der Waals surface area contributed by atoms with Crippen LogP contribution in [-0.2, 0) is 20.7 Å². The first-order valence-electron chi connectivity index (χ1n) is 8.09. The van der Waals surface area contributed by atoms with Gasteiger partial charge in [0.25, 0.3) is 0 Å². The molecule has 2 N–H and O–H groups in total. The predicted octanol–water partition coefficient (Wildman–Crippen LogP) is 2.70. The second-order valence-corrected chi connectivity index (χ2v) is 5.84. The minimum atomic E-state index is -1.37. The van der Waals surface area contributed by atoms with Crippen molar-refractivity contribution in [2.45, 2.75) is 12.5 Å². The van der Waals surface area contributed by atoms with Gasteiger partial charge in [-0.25, -0.2) is 9.59 Å². The molecule has 26 heavy (non-hydrogen) atoms. The summed E-state index contributed by atoms with van der Waals surface area (Å²) >= 11 is 0. The van der Waals surface area contributed by atoms with Crippen LogP contribution in [0.4, 0.5) is 0 Å². The van der Waals surface area contributed by atoms with Crippen molar-refractivity contribution in [3.8, 4) is 11.1 Å². The maximum absolute atomic E-state index is 12.1. The third-order valence-corrected chi connectivity index (χ3v) is 4.27. The van der Waals surface area contributed by atoms with Gasteiger partial charge in [0.15, 0.2) is 6.10 Å². The van der Waals surface area contributed by atoms with E-state index in [1.54, 1.807) is 0 Å². The number of carbonyl (C=O) groups is 2. The van der Waals surface area contributed by atoms with Crippen LogP contribution in [0.2, 0.25) is 0 Å². The molecule has 0 radical (unpaired) electrons. The van der Waals surface area contributed by atoms with E-state index < -0.39 is 18.0 Å². The number of aliphatic hydroxyl groups excluding tert-OH is 1. The van der Waals surface area contributed by atoms with E-state index in [1.807, 2.05) is 48.5 Å². The van der Waals surface area contributed by atoms with Gasteiger partial charge in [0, 0.05) is 17.3 Å². The number of methoxy groups -OCH3 is 2. The molecule has 0 aliphatic rings. The Balaban J connectivity index is 2.13. The highest BCUT2D eigenvalue weighted by atomic mass is 16.5. The number of hydrogen-bond donors (Lipinski definition) is 2. The van der Waals surface area contributed by atoms with E-state index in [0.29, 0.717) is 5.56 Å². The van der Waals surface area contributed by atoms with E-state index in [4.69, 9.17) is 4.74 Å². The lowest BCUT2D eigenvalue weighted by atomic mass is 9.99. The number of ether oxygens (including phenoxy) is 2. The highest BCUT2D eigenvalue weighted by Crippen LogP contribution is 2.29. The van der Waals surface area contributed by atoms with Gasteiger partial charge in [-0.2, -0.15) is 0 Å².